The maximum Gasteiger partial charge on any atom is 0.129 e. The van der Waals surface area contributed by atoms with Crippen LogP contribution in [0.25, 0.3) is 0 Å². The third-order valence-corrected chi connectivity index (χ3v) is 2.88. The van der Waals surface area contributed by atoms with Gasteiger partial charge in [0.05, 0.1) is 5.69 Å². The minimum absolute atomic E-state index is 0.240. The molecular formula is C9H13ClN2S. The highest BCUT2D eigenvalue weighted by Crippen LogP contribution is 2.12. The van der Waals surface area contributed by atoms with Crippen LogP contribution in [0.1, 0.15) is 12.6 Å². The molecule has 1 aromatic heterocycles. The maximum atomic E-state index is 5.74. The van der Waals surface area contributed by atoms with Crippen molar-refractivity contribution in [3.8, 4) is 0 Å². The second-order valence-corrected chi connectivity index (χ2v) is 4.36. The van der Waals surface area contributed by atoms with E-state index in [2.05, 4.69) is 4.98 Å². The molecule has 2 N–H and O–H groups in total. The van der Waals surface area contributed by atoms with Crippen molar-refractivity contribution >= 4 is 23.4 Å². The average molecular weight is 217 g/mol. The topological polar surface area (TPSA) is 38.9 Å². The summed E-state index contributed by atoms with van der Waals surface area (Å²) < 4.78 is 0. The van der Waals surface area contributed by atoms with Gasteiger partial charge in [-0.15, -0.1) is 0 Å². The largest absolute Gasteiger partial charge is 0.327 e. The van der Waals surface area contributed by atoms with Crippen molar-refractivity contribution in [1.29, 1.82) is 0 Å². The molecule has 1 unspecified atom stereocenters. The summed E-state index contributed by atoms with van der Waals surface area (Å²) in [6, 6.07) is 5.91. The molecule has 0 radical (unpaired) electrons. The molecule has 72 valence electrons. The lowest BCUT2D eigenvalue weighted by Gasteiger charge is -2.04. The Morgan fingerprint density at radius 3 is 3.00 bits per heavy atom. The Bertz CT molecular complexity index is 266. The van der Waals surface area contributed by atoms with Gasteiger partial charge in [-0.3, -0.25) is 0 Å². The molecule has 1 atom stereocenters. The van der Waals surface area contributed by atoms with E-state index in [1.807, 2.05) is 19.1 Å². The first-order valence-electron chi connectivity index (χ1n) is 4.13. The summed E-state index contributed by atoms with van der Waals surface area (Å²) in [6.07, 6.45) is 0. The van der Waals surface area contributed by atoms with Gasteiger partial charge in [-0.25, -0.2) is 4.98 Å². The van der Waals surface area contributed by atoms with Crippen molar-refractivity contribution in [2.24, 2.45) is 5.73 Å². The van der Waals surface area contributed by atoms with Crippen molar-refractivity contribution in [3.05, 3.63) is 29.0 Å². The molecule has 0 bridgehead atoms. The molecule has 0 aliphatic heterocycles. The lowest BCUT2D eigenvalue weighted by atomic mass is 10.4. The van der Waals surface area contributed by atoms with Crippen LogP contribution in [0.2, 0.25) is 5.15 Å². The van der Waals surface area contributed by atoms with Gasteiger partial charge < -0.3 is 5.73 Å². The van der Waals surface area contributed by atoms with Gasteiger partial charge in [0.25, 0.3) is 0 Å². The van der Waals surface area contributed by atoms with Crippen LogP contribution in [0.4, 0.5) is 0 Å². The molecular weight excluding hydrogens is 204 g/mol. The van der Waals surface area contributed by atoms with Crippen LogP contribution >= 0.6 is 23.4 Å². The zero-order chi connectivity index (χ0) is 9.68. The summed E-state index contributed by atoms with van der Waals surface area (Å²) in [5.41, 5.74) is 6.63. The molecule has 0 spiro atoms. The quantitative estimate of drug-likeness (QED) is 0.786. The van der Waals surface area contributed by atoms with Gasteiger partial charge in [-0.2, -0.15) is 11.8 Å². The molecule has 0 fully saturated rings. The van der Waals surface area contributed by atoms with Crippen LogP contribution in [0.3, 0.4) is 0 Å². The van der Waals surface area contributed by atoms with Gasteiger partial charge in [0.15, 0.2) is 0 Å². The number of nitrogens with two attached hydrogens (primary N) is 1. The Hall–Kier alpha value is -0.250. The zero-order valence-electron chi connectivity index (χ0n) is 7.53. The van der Waals surface area contributed by atoms with Crippen molar-refractivity contribution in [2.75, 3.05) is 5.75 Å². The monoisotopic (exact) mass is 216 g/mol. The lowest BCUT2D eigenvalue weighted by Crippen LogP contribution is -2.17. The second kappa shape index (κ2) is 5.47. The minimum Gasteiger partial charge on any atom is -0.327 e. The number of halogens is 1. The standard InChI is InChI=1S/C9H13ClN2S/c1-7(11)5-13-6-8-3-2-4-9(10)12-8/h2-4,7H,5-6,11H2,1H3. The Labute approximate surface area is 87.9 Å². The van der Waals surface area contributed by atoms with E-state index in [0.717, 1.165) is 17.2 Å². The Kier molecular flexibility index (Phi) is 4.56. The molecule has 13 heavy (non-hydrogen) atoms. The number of thioether (sulfide) groups is 1. The second-order valence-electron chi connectivity index (χ2n) is 2.94. The fourth-order valence-corrected chi connectivity index (χ4v) is 1.92. The predicted octanol–water partition coefficient (Wildman–Crippen LogP) is 2.32. The molecule has 1 heterocycles. The fourth-order valence-electron chi connectivity index (χ4n) is 0.880. The van der Waals surface area contributed by atoms with Crippen LogP contribution in [0, 0.1) is 0 Å². The summed E-state index contributed by atoms with van der Waals surface area (Å²) in [5, 5.41) is 0.555. The highest BCUT2D eigenvalue weighted by Gasteiger charge is 1.98. The first-order chi connectivity index (χ1) is 6.18. The van der Waals surface area contributed by atoms with Gasteiger partial charge in [0.2, 0.25) is 0 Å². The van der Waals surface area contributed by atoms with E-state index in [1.165, 1.54) is 0 Å². The third-order valence-electron chi connectivity index (χ3n) is 1.40. The van der Waals surface area contributed by atoms with Crippen LogP contribution in [-0.2, 0) is 5.75 Å². The first kappa shape index (κ1) is 10.8. The van der Waals surface area contributed by atoms with Crippen molar-refractivity contribution in [2.45, 2.75) is 18.7 Å². The molecule has 0 saturated carbocycles. The molecule has 2 nitrogen and oxygen atoms in total. The van der Waals surface area contributed by atoms with Crippen LogP contribution in [0.5, 0.6) is 0 Å². The zero-order valence-corrected chi connectivity index (χ0v) is 9.11. The normalized spacial score (nSPS) is 12.8. The molecule has 1 rings (SSSR count). The van der Waals surface area contributed by atoms with E-state index in [9.17, 15) is 0 Å². The Morgan fingerprint density at radius 1 is 1.62 bits per heavy atom. The van der Waals surface area contributed by atoms with E-state index >= 15 is 0 Å². The number of aromatic nitrogens is 1. The van der Waals surface area contributed by atoms with Gasteiger partial charge in [0, 0.05) is 17.5 Å². The number of nitrogens with zero attached hydrogens (tertiary/aromatic N) is 1. The van der Waals surface area contributed by atoms with E-state index in [-0.39, 0.29) is 6.04 Å². The molecule has 0 aliphatic carbocycles. The van der Waals surface area contributed by atoms with E-state index in [4.69, 9.17) is 17.3 Å². The van der Waals surface area contributed by atoms with E-state index in [1.54, 1.807) is 17.8 Å². The number of rotatable bonds is 4. The van der Waals surface area contributed by atoms with Crippen molar-refractivity contribution < 1.29 is 0 Å². The smallest absolute Gasteiger partial charge is 0.129 e. The fraction of sp³-hybridized carbons (Fsp3) is 0.444. The molecule has 0 saturated heterocycles. The Balaban J connectivity index is 2.37. The summed E-state index contributed by atoms with van der Waals surface area (Å²) >= 11 is 7.52. The molecule has 0 aliphatic rings. The molecule has 0 aromatic carbocycles. The summed E-state index contributed by atoms with van der Waals surface area (Å²) in [7, 11) is 0. The lowest BCUT2D eigenvalue weighted by molar-refractivity contribution is 0.847. The minimum atomic E-state index is 0.240. The highest BCUT2D eigenvalue weighted by atomic mass is 35.5. The van der Waals surface area contributed by atoms with Crippen molar-refractivity contribution in [1.82, 2.24) is 4.98 Å². The van der Waals surface area contributed by atoms with E-state index < -0.39 is 0 Å². The first-order valence-corrected chi connectivity index (χ1v) is 5.66. The molecule has 1 aromatic rings. The maximum absolute atomic E-state index is 5.74. The highest BCUT2D eigenvalue weighted by molar-refractivity contribution is 7.98. The Morgan fingerprint density at radius 2 is 2.38 bits per heavy atom. The van der Waals surface area contributed by atoms with Gasteiger partial charge in [-0.05, 0) is 19.1 Å². The van der Waals surface area contributed by atoms with E-state index in [0.29, 0.717) is 5.15 Å². The molecule has 4 heteroatoms. The van der Waals surface area contributed by atoms with Gasteiger partial charge in [-0.1, -0.05) is 17.7 Å². The number of pyridine rings is 1. The predicted molar refractivity (Wildman–Crippen MR) is 59.1 cm³/mol. The van der Waals surface area contributed by atoms with Gasteiger partial charge in [0.1, 0.15) is 5.15 Å². The van der Waals surface area contributed by atoms with Gasteiger partial charge >= 0.3 is 0 Å². The number of hydrogen-bond donors (Lipinski definition) is 1. The summed E-state index contributed by atoms with van der Waals surface area (Å²) in [6.45, 7) is 2.00. The SMILES string of the molecule is CC(N)CSCc1cccc(Cl)n1. The number of hydrogen-bond acceptors (Lipinski definition) is 3. The van der Waals surface area contributed by atoms with Crippen LogP contribution in [-0.4, -0.2) is 16.8 Å². The summed E-state index contributed by atoms with van der Waals surface area (Å²) in [5.74, 6) is 1.83. The third kappa shape index (κ3) is 4.50. The van der Waals surface area contributed by atoms with Crippen LogP contribution in [0.15, 0.2) is 18.2 Å². The van der Waals surface area contributed by atoms with Crippen LogP contribution < -0.4 is 5.73 Å². The average Bonchev–Trinajstić information content (AvgIpc) is 2.03. The van der Waals surface area contributed by atoms with Crippen molar-refractivity contribution in [3.63, 3.8) is 0 Å². The molecule has 0 amide bonds. The summed E-state index contributed by atoms with van der Waals surface area (Å²) in [4.78, 5) is 4.17.